The van der Waals surface area contributed by atoms with Gasteiger partial charge in [0, 0.05) is 31.1 Å². The first-order valence-electron chi connectivity index (χ1n) is 7.82. The fraction of sp³-hybridized carbons (Fsp3) is 0.211. The number of para-hydroxylation sites is 1. The number of hydrogen-bond donors (Lipinski definition) is 1. The number of benzene rings is 2. The Morgan fingerprint density at radius 3 is 2.40 bits per heavy atom. The summed E-state index contributed by atoms with van der Waals surface area (Å²) >= 11 is 6.13. The predicted octanol–water partition coefficient (Wildman–Crippen LogP) is 3.92. The Kier molecular flexibility index (Phi) is 6.31. The Balaban J connectivity index is 2.02. The molecule has 2 rings (SSSR count). The van der Waals surface area contributed by atoms with Crippen molar-refractivity contribution in [2.45, 2.75) is 20.3 Å². The maximum atomic E-state index is 12.2. The molecule has 0 heterocycles. The van der Waals surface area contributed by atoms with Crippen LogP contribution < -0.4 is 10.2 Å². The molecule has 130 valence electrons. The van der Waals surface area contributed by atoms with E-state index in [9.17, 15) is 14.4 Å². The summed E-state index contributed by atoms with van der Waals surface area (Å²) in [6.07, 6.45) is 0.106. The van der Waals surface area contributed by atoms with E-state index in [1.54, 1.807) is 48.5 Å². The molecule has 0 fully saturated rings. The molecule has 1 N–H and O–H groups in total. The third kappa shape index (κ3) is 5.16. The zero-order valence-electron chi connectivity index (χ0n) is 14.1. The molecule has 25 heavy (non-hydrogen) atoms. The zero-order chi connectivity index (χ0) is 18.4. The van der Waals surface area contributed by atoms with Gasteiger partial charge in [0.1, 0.15) is 0 Å². The van der Waals surface area contributed by atoms with Crippen LogP contribution in [0.1, 0.15) is 30.6 Å². The number of nitrogens with one attached hydrogen (secondary N) is 1. The topological polar surface area (TPSA) is 66.5 Å². The molecule has 0 saturated carbocycles. The molecule has 0 atom stereocenters. The third-order valence-corrected chi connectivity index (χ3v) is 3.96. The van der Waals surface area contributed by atoms with Crippen LogP contribution in [-0.2, 0) is 9.59 Å². The highest BCUT2D eigenvalue weighted by Gasteiger charge is 2.16. The monoisotopic (exact) mass is 358 g/mol. The number of anilines is 2. The first-order chi connectivity index (χ1) is 11.9. The number of nitrogens with zero attached hydrogens (tertiary/aromatic N) is 1. The van der Waals surface area contributed by atoms with Crippen molar-refractivity contribution < 1.29 is 14.4 Å². The summed E-state index contributed by atoms with van der Waals surface area (Å²) in [6, 6.07) is 13.7. The Morgan fingerprint density at radius 1 is 1.04 bits per heavy atom. The van der Waals surface area contributed by atoms with Gasteiger partial charge in [0.2, 0.25) is 11.8 Å². The maximum absolute atomic E-state index is 12.2. The van der Waals surface area contributed by atoms with Crippen LogP contribution in [0.25, 0.3) is 0 Å². The second-order valence-electron chi connectivity index (χ2n) is 5.56. The fourth-order valence-electron chi connectivity index (χ4n) is 2.37. The number of hydrogen-bond acceptors (Lipinski definition) is 3. The standard InChI is InChI=1S/C19H19ClN2O3/c1-13(23)15-6-5-7-16(12-15)21-19(25)10-11-22(14(2)24)18-9-4-3-8-17(18)20/h3-9,12H,10-11H2,1-2H3,(H,21,25). The summed E-state index contributed by atoms with van der Waals surface area (Å²) in [5, 5.41) is 3.19. The van der Waals surface area contributed by atoms with Gasteiger partial charge in [0.15, 0.2) is 5.78 Å². The molecule has 2 aromatic rings. The lowest BCUT2D eigenvalue weighted by atomic mass is 10.1. The van der Waals surface area contributed by atoms with Gasteiger partial charge < -0.3 is 10.2 Å². The van der Waals surface area contributed by atoms with Crippen molar-refractivity contribution >= 4 is 40.6 Å². The lowest BCUT2D eigenvalue weighted by Crippen LogP contribution is -2.32. The number of Topliss-reactive ketones (excluding diaryl/α,β-unsaturated/α-hetero) is 1. The second kappa shape index (κ2) is 8.44. The van der Waals surface area contributed by atoms with Gasteiger partial charge in [-0.25, -0.2) is 0 Å². The van der Waals surface area contributed by atoms with Gasteiger partial charge in [0.05, 0.1) is 10.7 Å². The first-order valence-corrected chi connectivity index (χ1v) is 8.20. The summed E-state index contributed by atoms with van der Waals surface area (Å²) in [4.78, 5) is 36.9. The van der Waals surface area contributed by atoms with E-state index in [2.05, 4.69) is 5.32 Å². The third-order valence-electron chi connectivity index (χ3n) is 3.64. The van der Waals surface area contributed by atoms with Crippen LogP contribution in [0.5, 0.6) is 0 Å². The van der Waals surface area contributed by atoms with E-state index < -0.39 is 0 Å². The van der Waals surface area contributed by atoms with Crippen molar-refractivity contribution in [2.24, 2.45) is 0 Å². The van der Waals surface area contributed by atoms with Gasteiger partial charge in [-0.05, 0) is 31.2 Å². The van der Waals surface area contributed by atoms with Gasteiger partial charge >= 0.3 is 0 Å². The molecule has 0 aliphatic rings. The highest BCUT2D eigenvalue weighted by molar-refractivity contribution is 6.33. The van der Waals surface area contributed by atoms with Crippen LogP contribution in [0.2, 0.25) is 5.02 Å². The smallest absolute Gasteiger partial charge is 0.226 e. The molecule has 5 nitrogen and oxygen atoms in total. The van der Waals surface area contributed by atoms with Gasteiger partial charge in [0.25, 0.3) is 0 Å². The van der Waals surface area contributed by atoms with Crippen LogP contribution in [0.3, 0.4) is 0 Å². The van der Waals surface area contributed by atoms with Crippen LogP contribution >= 0.6 is 11.6 Å². The summed E-state index contributed by atoms with van der Waals surface area (Å²) in [6.45, 7) is 3.10. The Hall–Kier alpha value is -2.66. The SMILES string of the molecule is CC(=O)c1cccc(NC(=O)CCN(C(C)=O)c2ccccc2Cl)c1. The lowest BCUT2D eigenvalue weighted by molar-refractivity contribution is -0.117. The molecule has 2 aromatic carbocycles. The van der Waals surface area contributed by atoms with E-state index in [1.165, 1.54) is 18.7 Å². The van der Waals surface area contributed by atoms with E-state index in [1.807, 2.05) is 0 Å². The van der Waals surface area contributed by atoms with Crippen molar-refractivity contribution in [1.82, 2.24) is 0 Å². The Bertz CT molecular complexity index is 805. The van der Waals surface area contributed by atoms with E-state index in [-0.39, 0.29) is 30.6 Å². The average Bonchev–Trinajstić information content (AvgIpc) is 2.56. The molecule has 0 saturated heterocycles. The minimum Gasteiger partial charge on any atom is -0.326 e. The number of ketones is 1. The van der Waals surface area contributed by atoms with Crippen molar-refractivity contribution in [3.63, 3.8) is 0 Å². The summed E-state index contributed by atoms with van der Waals surface area (Å²) < 4.78 is 0. The van der Waals surface area contributed by atoms with Gasteiger partial charge in [-0.1, -0.05) is 35.9 Å². The minimum atomic E-state index is -0.251. The Labute approximate surface area is 151 Å². The summed E-state index contributed by atoms with van der Waals surface area (Å²) in [7, 11) is 0. The fourth-order valence-corrected chi connectivity index (χ4v) is 2.61. The number of halogens is 1. The summed E-state index contributed by atoms with van der Waals surface area (Å²) in [5.74, 6) is -0.518. The summed E-state index contributed by atoms with van der Waals surface area (Å²) in [5.41, 5.74) is 1.65. The molecule has 0 aliphatic carbocycles. The predicted molar refractivity (Wildman–Crippen MR) is 99.2 cm³/mol. The number of carbonyl (C=O) groups is 3. The van der Waals surface area contributed by atoms with Crippen LogP contribution in [0, 0.1) is 0 Å². The first kappa shape index (κ1) is 18.7. The molecular formula is C19H19ClN2O3. The van der Waals surface area contributed by atoms with E-state index >= 15 is 0 Å². The molecule has 0 radical (unpaired) electrons. The molecule has 0 spiro atoms. The molecule has 0 aromatic heterocycles. The van der Waals surface area contributed by atoms with Crippen LogP contribution in [0.4, 0.5) is 11.4 Å². The highest BCUT2D eigenvalue weighted by atomic mass is 35.5. The highest BCUT2D eigenvalue weighted by Crippen LogP contribution is 2.25. The number of amides is 2. The zero-order valence-corrected chi connectivity index (χ0v) is 14.8. The molecule has 2 amide bonds. The minimum absolute atomic E-state index is 0.0717. The quantitative estimate of drug-likeness (QED) is 0.796. The molecule has 0 aliphatic heterocycles. The molecular weight excluding hydrogens is 340 g/mol. The average molecular weight is 359 g/mol. The van der Waals surface area contributed by atoms with Crippen molar-refractivity contribution in [3.05, 3.63) is 59.1 Å². The lowest BCUT2D eigenvalue weighted by Gasteiger charge is -2.22. The molecule has 0 unspecified atom stereocenters. The number of carbonyl (C=O) groups excluding carboxylic acids is 3. The molecule has 0 bridgehead atoms. The van der Waals surface area contributed by atoms with E-state index in [4.69, 9.17) is 11.6 Å². The van der Waals surface area contributed by atoms with Gasteiger partial charge in [-0.15, -0.1) is 0 Å². The second-order valence-corrected chi connectivity index (χ2v) is 5.96. The van der Waals surface area contributed by atoms with Crippen molar-refractivity contribution in [1.29, 1.82) is 0 Å². The van der Waals surface area contributed by atoms with Crippen LogP contribution in [-0.4, -0.2) is 24.1 Å². The van der Waals surface area contributed by atoms with Crippen molar-refractivity contribution in [2.75, 3.05) is 16.8 Å². The van der Waals surface area contributed by atoms with Crippen molar-refractivity contribution in [3.8, 4) is 0 Å². The van der Waals surface area contributed by atoms with E-state index in [0.717, 1.165) is 0 Å². The number of rotatable bonds is 6. The van der Waals surface area contributed by atoms with Crippen LogP contribution in [0.15, 0.2) is 48.5 Å². The van der Waals surface area contributed by atoms with E-state index in [0.29, 0.717) is 22.0 Å². The normalized spacial score (nSPS) is 10.2. The maximum Gasteiger partial charge on any atom is 0.226 e. The largest absolute Gasteiger partial charge is 0.326 e. The molecule has 6 heteroatoms. The van der Waals surface area contributed by atoms with Gasteiger partial charge in [-0.2, -0.15) is 0 Å². The van der Waals surface area contributed by atoms with Gasteiger partial charge in [-0.3, -0.25) is 14.4 Å². The Morgan fingerprint density at radius 2 is 1.76 bits per heavy atom.